The summed E-state index contributed by atoms with van der Waals surface area (Å²) in [5.74, 6) is 1.08. The molecule has 0 unspecified atom stereocenters. The zero-order valence-corrected chi connectivity index (χ0v) is 12.2. The van der Waals surface area contributed by atoms with Crippen LogP contribution in [0.3, 0.4) is 0 Å². The summed E-state index contributed by atoms with van der Waals surface area (Å²) in [5.41, 5.74) is 1.74. The van der Waals surface area contributed by atoms with Gasteiger partial charge < -0.3 is 9.73 Å². The standard InChI is InChI=1S/C17H21NO2/c1-12(2)11-16(14-7-5-4-6-8-14)18-17(19)15-9-10-20-13(15)3/h4-10,12,16H,11H2,1-3H3,(H,18,19)/t16-/m1/s1. The van der Waals surface area contributed by atoms with Crippen molar-refractivity contribution in [1.29, 1.82) is 0 Å². The van der Waals surface area contributed by atoms with Gasteiger partial charge in [0.05, 0.1) is 17.9 Å². The lowest BCUT2D eigenvalue weighted by Gasteiger charge is -2.21. The Morgan fingerprint density at radius 3 is 2.45 bits per heavy atom. The maximum atomic E-state index is 12.3. The van der Waals surface area contributed by atoms with Crippen molar-refractivity contribution >= 4 is 5.91 Å². The van der Waals surface area contributed by atoms with E-state index in [9.17, 15) is 4.79 Å². The molecule has 0 saturated carbocycles. The number of amides is 1. The Kier molecular flexibility index (Phi) is 4.61. The molecule has 0 aliphatic carbocycles. The van der Waals surface area contributed by atoms with Gasteiger partial charge in [0.25, 0.3) is 5.91 Å². The molecule has 0 saturated heterocycles. The molecule has 0 radical (unpaired) electrons. The van der Waals surface area contributed by atoms with Crippen molar-refractivity contribution in [2.45, 2.75) is 33.2 Å². The second-order valence-corrected chi connectivity index (χ2v) is 5.46. The molecular formula is C17H21NO2. The number of carbonyl (C=O) groups excluding carboxylic acids is 1. The minimum Gasteiger partial charge on any atom is -0.469 e. The third-order valence-corrected chi connectivity index (χ3v) is 3.32. The van der Waals surface area contributed by atoms with E-state index in [0.717, 1.165) is 12.0 Å². The van der Waals surface area contributed by atoms with Crippen LogP contribution >= 0.6 is 0 Å². The van der Waals surface area contributed by atoms with E-state index in [1.165, 1.54) is 0 Å². The summed E-state index contributed by atoms with van der Waals surface area (Å²) in [4.78, 5) is 12.3. The predicted octanol–water partition coefficient (Wildman–Crippen LogP) is 4.11. The summed E-state index contributed by atoms with van der Waals surface area (Å²) < 4.78 is 5.19. The van der Waals surface area contributed by atoms with Gasteiger partial charge in [0.2, 0.25) is 0 Å². The molecule has 3 heteroatoms. The van der Waals surface area contributed by atoms with Crippen LogP contribution in [-0.4, -0.2) is 5.91 Å². The van der Waals surface area contributed by atoms with Crippen molar-refractivity contribution in [3.63, 3.8) is 0 Å². The Balaban J connectivity index is 2.16. The van der Waals surface area contributed by atoms with E-state index in [2.05, 4.69) is 31.3 Å². The zero-order valence-electron chi connectivity index (χ0n) is 12.2. The highest BCUT2D eigenvalue weighted by Crippen LogP contribution is 2.22. The number of benzene rings is 1. The molecule has 3 nitrogen and oxygen atoms in total. The first kappa shape index (κ1) is 14.4. The molecule has 2 rings (SSSR count). The average molecular weight is 271 g/mol. The highest BCUT2D eigenvalue weighted by atomic mass is 16.3. The van der Waals surface area contributed by atoms with Crippen LogP contribution in [0.25, 0.3) is 0 Å². The van der Waals surface area contributed by atoms with Gasteiger partial charge in [-0.15, -0.1) is 0 Å². The first-order chi connectivity index (χ1) is 9.58. The Bertz CT molecular complexity index is 557. The summed E-state index contributed by atoms with van der Waals surface area (Å²) in [6, 6.07) is 11.8. The molecule has 1 amide bonds. The van der Waals surface area contributed by atoms with E-state index < -0.39 is 0 Å². The lowest BCUT2D eigenvalue weighted by molar-refractivity contribution is 0.0930. The van der Waals surface area contributed by atoms with Crippen molar-refractivity contribution in [1.82, 2.24) is 5.32 Å². The molecule has 0 spiro atoms. The maximum Gasteiger partial charge on any atom is 0.255 e. The van der Waals surface area contributed by atoms with E-state index in [1.807, 2.05) is 18.2 Å². The fourth-order valence-corrected chi connectivity index (χ4v) is 2.29. The van der Waals surface area contributed by atoms with Gasteiger partial charge in [-0.2, -0.15) is 0 Å². The van der Waals surface area contributed by atoms with E-state index in [1.54, 1.807) is 19.3 Å². The largest absolute Gasteiger partial charge is 0.469 e. The van der Waals surface area contributed by atoms with Crippen molar-refractivity contribution in [3.05, 3.63) is 59.5 Å². The number of aryl methyl sites for hydroxylation is 1. The van der Waals surface area contributed by atoms with Gasteiger partial charge in [-0.1, -0.05) is 44.2 Å². The zero-order chi connectivity index (χ0) is 14.5. The molecule has 1 N–H and O–H groups in total. The summed E-state index contributed by atoms with van der Waals surface area (Å²) in [7, 11) is 0. The Hall–Kier alpha value is -2.03. The monoisotopic (exact) mass is 271 g/mol. The third kappa shape index (κ3) is 3.50. The Morgan fingerprint density at radius 2 is 1.90 bits per heavy atom. The molecule has 0 aliphatic heterocycles. The average Bonchev–Trinajstić information content (AvgIpc) is 2.85. The first-order valence-electron chi connectivity index (χ1n) is 6.98. The quantitative estimate of drug-likeness (QED) is 0.889. The van der Waals surface area contributed by atoms with E-state index >= 15 is 0 Å². The molecule has 0 fully saturated rings. The fraction of sp³-hybridized carbons (Fsp3) is 0.353. The second-order valence-electron chi connectivity index (χ2n) is 5.46. The highest BCUT2D eigenvalue weighted by molar-refractivity contribution is 5.95. The van der Waals surface area contributed by atoms with Gasteiger partial charge in [-0.05, 0) is 30.9 Å². The molecule has 1 heterocycles. The van der Waals surface area contributed by atoms with Crippen molar-refractivity contribution in [2.75, 3.05) is 0 Å². The SMILES string of the molecule is Cc1occc1C(=O)N[C@H](CC(C)C)c1ccccc1. The molecular weight excluding hydrogens is 250 g/mol. The van der Waals surface area contributed by atoms with Crippen LogP contribution in [0.2, 0.25) is 0 Å². The summed E-state index contributed by atoms with van der Waals surface area (Å²) in [6.45, 7) is 6.12. The number of nitrogens with one attached hydrogen (secondary N) is 1. The topological polar surface area (TPSA) is 42.2 Å². The van der Waals surface area contributed by atoms with Crippen LogP contribution in [0.1, 0.15) is 48.0 Å². The molecule has 106 valence electrons. The van der Waals surface area contributed by atoms with Gasteiger partial charge in [-0.3, -0.25) is 4.79 Å². The van der Waals surface area contributed by atoms with Crippen LogP contribution in [0.15, 0.2) is 47.1 Å². The molecule has 1 atom stereocenters. The minimum atomic E-state index is -0.0780. The molecule has 0 bridgehead atoms. The summed E-state index contributed by atoms with van der Waals surface area (Å²) in [6.07, 6.45) is 2.46. The smallest absolute Gasteiger partial charge is 0.255 e. The van der Waals surface area contributed by atoms with Crippen LogP contribution in [0.5, 0.6) is 0 Å². The van der Waals surface area contributed by atoms with Crippen LogP contribution < -0.4 is 5.32 Å². The van der Waals surface area contributed by atoms with Crippen molar-refractivity contribution < 1.29 is 9.21 Å². The lowest BCUT2D eigenvalue weighted by atomic mass is 9.96. The van der Waals surface area contributed by atoms with Crippen LogP contribution in [0, 0.1) is 12.8 Å². The number of furan rings is 1. The number of carbonyl (C=O) groups is 1. The number of rotatable bonds is 5. The molecule has 2 aromatic rings. The maximum absolute atomic E-state index is 12.3. The van der Waals surface area contributed by atoms with Crippen LogP contribution in [-0.2, 0) is 0 Å². The Labute approximate surface area is 120 Å². The van der Waals surface area contributed by atoms with E-state index in [0.29, 0.717) is 17.2 Å². The van der Waals surface area contributed by atoms with Gasteiger partial charge in [-0.25, -0.2) is 0 Å². The van der Waals surface area contributed by atoms with E-state index in [-0.39, 0.29) is 11.9 Å². The van der Waals surface area contributed by atoms with Gasteiger partial charge in [0.1, 0.15) is 5.76 Å². The predicted molar refractivity (Wildman–Crippen MR) is 79.5 cm³/mol. The number of hydrogen-bond acceptors (Lipinski definition) is 2. The lowest BCUT2D eigenvalue weighted by Crippen LogP contribution is -2.29. The third-order valence-electron chi connectivity index (χ3n) is 3.32. The molecule has 20 heavy (non-hydrogen) atoms. The van der Waals surface area contributed by atoms with Gasteiger partial charge >= 0.3 is 0 Å². The molecule has 1 aromatic heterocycles. The first-order valence-corrected chi connectivity index (χ1v) is 6.98. The Morgan fingerprint density at radius 1 is 1.20 bits per heavy atom. The normalized spacial score (nSPS) is 12.4. The van der Waals surface area contributed by atoms with Gasteiger partial charge in [0, 0.05) is 0 Å². The fourth-order valence-electron chi connectivity index (χ4n) is 2.29. The molecule has 0 aliphatic rings. The van der Waals surface area contributed by atoms with E-state index in [4.69, 9.17) is 4.42 Å². The van der Waals surface area contributed by atoms with Crippen LogP contribution in [0.4, 0.5) is 0 Å². The minimum absolute atomic E-state index is 0.0259. The highest BCUT2D eigenvalue weighted by Gasteiger charge is 2.19. The van der Waals surface area contributed by atoms with Gasteiger partial charge in [0.15, 0.2) is 0 Å². The second kappa shape index (κ2) is 6.42. The van der Waals surface area contributed by atoms with Crippen molar-refractivity contribution in [2.24, 2.45) is 5.92 Å². The summed E-state index contributed by atoms with van der Waals surface area (Å²) in [5, 5.41) is 3.11. The summed E-state index contributed by atoms with van der Waals surface area (Å²) >= 11 is 0. The number of hydrogen-bond donors (Lipinski definition) is 1. The van der Waals surface area contributed by atoms with Crippen molar-refractivity contribution in [3.8, 4) is 0 Å². The molecule has 1 aromatic carbocycles.